The highest BCUT2D eigenvalue weighted by molar-refractivity contribution is 5.86. The molecule has 0 unspecified atom stereocenters. The van der Waals surface area contributed by atoms with E-state index in [1.807, 2.05) is 13.8 Å². The van der Waals surface area contributed by atoms with Gasteiger partial charge < -0.3 is 0 Å². The van der Waals surface area contributed by atoms with Crippen LogP contribution >= 0.6 is 0 Å². The number of Topliss-reactive ketones (excluding diaryl/α,β-unsaturated/α-hetero) is 1. The van der Waals surface area contributed by atoms with E-state index < -0.39 is 0 Å². The molecule has 0 amide bonds. The molecule has 1 fully saturated rings. The molecule has 1 rings (SSSR count). The van der Waals surface area contributed by atoms with Crippen molar-refractivity contribution < 1.29 is 4.79 Å². The highest BCUT2D eigenvalue weighted by Gasteiger charge is 2.41. The van der Waals surface area contributed by atoms with Crippen molar-refractivity contribution >= 4 is 5.78 Å². The Morgan fingerprint density at radius 2 is 1.64 bits per heavy atom. The summed E-state index contributed by atoms with van der Waals surface area (Å²) in [7, 11) is 0. The molecule has 0 heterocycles. The van der Waals surface area contributed by atoms with Crippen LogP contribution in [0, 0.1) is 17.3 Å². The van der Waals surface area contributed by atoms with Gasteiger partial charge in [0.25, 0.3) is 0 Å². The van der Waals surface area contributed by atoms with Gasteiger partial charge in [-0.2, -0.15) is 0 Å². The van der Waals surface area contributed by atoms with Gasteiger partial charge in [0.05, 0.1) is 0 Å². The van der Waals surface area contributed by atoms with E-state index in [4.69, 9.17) is 0 Å². The smallest absolute Gasteiger partial charge is 0.141 e. The summed E-state index contributed by atoms with van der Waals surface area (Å²) >= 11 is 0. The molecule has 1 nitrogen and oxygen atoms in total. The average Bonchev–Trinajstić information content (AvgIpc) is 2.51. The zero-order chi connectivity index (χ0) is 10.8. The molecule has 1 aliphatic rings. The maximum atomic E-state index is 12.2. The molecule has 0 atom stereocenters. The van der Waals surface area contributed by atoms with Crippen LogP contribution in [0.2, 0.25) is 0 Å². The summed E-state index contributed by atoms with van der Waals surface area (Å²) in [6.07, 6.45) is 5.89. The van der Waals surface area contributed by atoms with E-state index in [1.165, 1.54) is 12.8 Å². The topological polar surface area (TPSA) is 17.1 Å². The molecular weight excluding hydrogens is 172 g/mol. The Bertz CT molecular complexity index is 197. The Balaban J connectivity index is 2.76. The highest BCUT2D eigenvalue weighted by Crippen LogP contribution is 2.45. The first-order valence-corrected chi connectivity index (χ1v) is 6.02. The second kappa shape index (κ2) is 4.46. The maximum Gasteiger partial charge on any atom is 0.141 e. The maximum absolute atomic E-state index is 12.2. The van der Waals surface area contributed by atoms with Crippen molar-refractivity contribution in [3.8, 4) is 0 Å². The third kappa shape index (κ3) is 2.37. The van der Waals surface area contributed by atoms with Gasteiger partial charge in [0.2, 0.25) is 0 Å². The van der Waals surface area contributed by atoms with Crippen LogP contribution < -0.4 is 0 Å². The van der Waals surface area contributed by atoms with Crippen molar-refractivity contribution in [1.82, 2.24) is 0 Å². The van der Waals surface area contributed by atoms with E-state index in [2.05, 4.69) is 13.8 Å². The van der Waals surface area contributed by atoms with Gasteiger partial charge in [-0.3, -0.25) is 4.79 Å². The van der Waals surface area contributed by atoms with Gasteiger partial charge in [-0.15, -0.1) is 0 Å². The van der Waals surface area contributed by atoms with Crippen LogP contribution in [0.3, 0.4) is 0 Å². The molecule has 1 aliphatic carbocycles. The minimum Gasteiger partial charge on any atom is -0.299 e. The molecular formula is C13H24O. The van der Waals surface area contributed by atoms with Gasteiger partial charge in [-0.05, 0) is 25.2 Å². The molecule has 0 saturated heterocycles. The van der Waals surface area contributed by atoms with E-state index >= 15 is 0 Å². The van der Waals surface area contributed by atoms with Gasteiger partial charge in [-0.1, -0.05) is 40.5 Å². The van der Waals surface area contributed by atoms with Crippen molar-refractivity contribution in [1.29, 1.82) is 0 Å². The number of hydrogen-bond acceptors (Lipinski definition) is 1. The number of carbonyl (C=O) groups is 1. The molecule has 0 aromatic heterocycles. The summed E-state index contributed by atoms with van der Waals surface area (Å²) in [6, 6.07) is 0. The quantitative estimate of drug-likeness (QED) is 0.668. The SMILES string of the molecule is CC(C)CC1(C(=O)C(C)C)CCCC1. The summed E-state index contributed by atoms with van der Waals surface area (Å²) in [5, 5.41) is 0. The lowest BCUT2D eigenvalue weighted by Gasteiger charge is -2.31. The Labute approximate surface area is 88.3 Å². The molecule has 1 saturated carbocycles. The van der Waals surface area contributed by atoms with Crippen LogP contribution in [0.5, 0.6) is 0 Å². The zero-order valence-corrected chi connectivity index (χ0v) is 10.1. The van der Waals surface area contributed by atoms with Crippen LogP contribution in [0.4, 0.5) is 0 Å². The van der Waals surface area contributed by atoms with Crippen LogP contribution in [-0.2, 0) is 4.79 Å². The minimum absolute atomic E-state index is 0.0579. The van der Waals surface area contributed by atoms with E-state index in [0.717, 1.165) is 19.3 Å². The van der Waals surface area contributed by atoms with Gasteiger partial charge in [0.1, 0.15) is 5.78 Å². The van der Waals surface area contributed by atoms with Crippen molar-refractivity contribution in [2.24, 2.45) is 17.3 Å². The summed E-state index contributed by atoms with van der Waals surface area (Å²) < 4.78 is 0. The third-order valence-corrected chi connectivity index (χ3v) is 3.41. The van der Waals surface area contributed by atoms with Crippen LogP contribution in [-0.4, -0.2) is 5.78 Å². The van der Waals surface area contributed by atoms with Crippen molar-refractivity contribution in [2.75, 3.05) is 0 Å². The molecule has 0 aromatic carbocycles. The second-order valence-corrected chi connectivity index (χ2v) is 5.60. The van der Waals surface area contributed by atoms with Crippen LogP contribution in [0.1, 0.15) is 59.8 Å². The van der Waals surface area contributed by atoms with Crippen molar-refractivity contribution in [2.45, 2.75) is 59.8 Å². The highest BCUT2D eigenvalue weighted by atomic mass is 16.1. The first-order valence-electron chi connectivity index (χ1n) is 6.02. The molecule has 0 aromatic rings. The van der Waals surface area contributed by atoms with Gasteiger partial charge in [0, 0.05) is 11.3 Å². The lowest BCUT2D eigenvalue weighted by Crippen LogP contribution is -2.33. The molecule has 0 spiro atoms. The van der Waals surface area contributed by atoms with Crippen molar-refractivity contribution in [3.05, 3.63) is 0 Å². The fraction of sp³-hybridized carbons (Fsp3) is 0.923. The molecule has 82 valence electrons. The van der Waals surface area contributed by atoms with Gasteiger partial charge in [0.15, 0.2) is 0 Å². The first-order chi connectivity index (χ1) is 6.48. The third-order valence-electron chi connectivity index (χ3n) is 3.41. The second-order valence-electron chi connectivity index (χ2n) is 5.60. The Hall–Kier alpha value is -0.330. The van der Waals surface area contributed by atoms with Gasteiger partial charge >= 0.3 is 0 Å². The predicted octanol–water partition coefficient (Wildman–Crippen LogP) is 3.82. The lowest BCUT2D eigenvalue weighted by atomic mass is 9.72. The summed E-state index contributed by atoms with van der Waals surface area (Å²) in [6.45, 7) is 8.55. The van der Waals surface area contributed by atoms with E-state index in [-0.39, 0.29) is 11.3 Å². The van der Waals surface area contributed by atoms with Crippen molar-refractivity contribution in [3.63, 3.8) is 0 Å². The van der Waals surface area contributed by atoms with E-state index in [1.54, 1.807) is 0 Å². The number of ketones is 1. The molecule has 0 aliphatic heterocycles. The Morgan fingerprint density at radius 3 is 2.00 bits per heavy atom. The summed E-state index contributed by atoms with van der Waals surface area (Å²) in [5.74, 6) is 1.38. The number of hydrogen-bond donors (Lipinski definition) is 0. The lowest BCUT2D eigenvalue weighted by molar-refractivity contribution is -0.132. The number of rotatable bonds is 4. The fourth-order valence-electron chi connectivity index (χ4n) is 3.00. The van der Waals surface area contributed by atoms with E-state index in [0.29, 0.717) is 11.7 Å². The molecule has 0 bridgehead atoms. The van der Waals surface area contributed by atoms with Crippen LogP contribution in [0.25, 0.3) is 0 Å². The first kappa shape index (κ1) is 11.7. The Morgan fingerprint density at radius 1 is 1.14 bits per heavy atom. The largest absolute Gasteiger partial charge is 0.299 e. The summed E-state index contributed by atoms with van der Waals surface area (Å²) in [5.41, 5.74) is 0.0579. The fourth-order valence-corrected chi connectivity index (χ4v) is 3.00. The predicted molar refractivity (Wildman–Crippen MR) is 60.2 cm³/mol. The standard InChI is InChI=1S/C13H24O/c1-10(2)9-13(7-5-6-8-13)12(14)11(3)4/h10-11H,5-9H2,1-4H3. The number of carbonyl (C=O) groups excluding carboxylic acids is 1. The molecule has 0 N–H and O–H groups in total. The Kier molecular flexibility index (Phi) is 3.74. The van der Waals surface area contributed by atoms with Gasteiger partial charge in [-0.25, -0.2) is 0 Å². The average molecular weight is 196 g/mol. The zero-order valence-electron chi connectivity index (χ0n) is 10.1. The normalized spacial score (nSPS) is 20.7. The summed E-state index contributed by atoms with van der Waals surface area (Å²) in [4.78, 5) is 12.2. The van der Waals surface area contributed by atoms with E-state index in [9.17, 15) is 4.79 Å². The minimum atomic E-state index is 0.0579. The van der Waals surface area contributed by atoms with Crippen LogP contribution in [0.15, 0.2) is 0 Å². The molecule has 0 radical (unpaired) electrons. The molecule has 14 heavy (non-hydrogen) atoms. The monoisotopic (exact) mass is 196 g/mol. The molecule has 1 heteroatoms.